The van der Waals surface area contributed by atoms with Crippen molar-refractivity contribution in [2.75, 3.05) is 6.61 Å². The van der Waals surface area contributed by atoms with Crippen LogP contribution in [0.3, 0.4) is 0 Å². The van der Waals surface area contributed by atoms with Crippen molar-refractivity contribution in [2.45, 2.75) is 32.6 Å². The number of aryl methyl sites for hydroxylation is 1. The third kappa shape index (κ3) is 2.96. The Balaban J connectivity index is 2.00. The Morgan fingerprint density at radius 1 is 1.47 bits per heavy atom. The van der Waals surface area contributed by atoms with E-state index >= 15 is 0 Å². The van der Waals surface area contributed by atoms with Gasteiger partial charge >= 0.3 is 5.97 Å². The van der Waals surface area contributed by atoms with E-state index in [0.29, 0.717) is 24.0 Å². The molecule has 4 nitrogen and oxygen atoms in total. The van der Waals surface area contributed by atoms with Gasteiger partial charge in [-0.3, -0.25) is 0 Å². The SMILES string of the molecule is Cc1ccc(OCC2CCCC2)nc1C(=O)O. The maximum absolute atomic E-state index is 10.9. The van der Waals surface area contributed by atoms with Crippen molar-refractivity contribution in [2.24, 2.45) is 5.92 Å². The van der Waals surface area contributed by atoms with Crippen molar-refractivity contribution < 1.29 is 14.6 Å². The number of hydrogen-bond acceptors (Lipinski definition) is 3. The number of ether oxygens (including phenoxy) is 1. The number of rotatable bonds is 4. The van der Waals surface area contributed by atoms with E-state index in [2.05, 4.69) is 4.98 Å². The van der Waals surface area contributed by atoms with Crippen LogP contribution in [0.2, 0.25) is 0 Å². The summed E-state index contributed by atoms with van der Waals surface area (Å²) in [6.07, 6.45) is 4.96. The first-order valence-corrected chi connectivity index (χ1v) is 6.00. The average Bonchev–Trinajstić information content (AvgIpc) is 2.80. The molecule has 0 atom stereocenters. The molecule has 17 heavy (non-hydrogen) atoms. The molecule has 1 aliphatic rings. The summed E-state index contributed by atoms with van der Waals surface area (Å²) in [5.41, 5.74) is 0.736. The van der Waals surface area contributed by atoms with Gasteiger partial charge in [0.25, 0.3) is 0 Å². The van der Waals surface area contributed by atoms with Crippen molar-refractivity contribution in [1.82, 2.24) is 4.98 Å². The normalized spacial score (nSPS) is 16.1. The van der Waals surface area contributed by atoms with Crippen molar-refractivity contribution in [3.63, 3.8) is 0 Å². The summed E-state index contributed by atoms with van der Waals surface area (Å²) in [7, 11) is 0. The van der Waals surface area contributed by atoms with Crippen LogP contribution in [0.4, 0.5) is 0 Å². The quantitative estimate of drug-likeness (QED) is 0.871. The van der Waals surface area contributed by atoms with Gasteiger partial charge in [-0.25, -0.2) is 9.78 Å². The van der Waals surface area contributed by atoms with Crippen molar-refractivity contribution in [3.8, 4) is 5.88 Å². The molecule has 0 aromatic carbocycles. The Kier molecular flexibility index (Phi) is 3.61. The minimum atomic E-state index is -1.01. The fourth-order valence-corrected chi connectivity index (χ4v) is 2.19. The topological polar surface area (TPSA) is 59.4 Å². The summed E-state index contributed by atoms with van der Waals surface area (Å²) in [6, 6.07) is 3.47. The highest BCUT2D eigenvalue weighted by Crippen LogP contribution is 2.25. The minimum Gasteiger partial charge on any atom is -0.477 e. The molecule has 1 heterocycles. The lowest BCUT2D eigenvalue weighted by molar-refractivity contribution is 0.0688. The molecule has 0 amide bonds. The largest absolute Gasteiger partial charge is 0.477 e. The second-order valence-corrected chi connectivity index (χ2v) is 4.58. The summed E-state index contributed by atoms with van der Waals surface area (Å²) in [5, 5.41) is 8.95. The average molecular weight is 235 g/mol. The molecular weight excluding hydrogens is 218 g/mol. The molecule has 1 aromatic heterocycles. The summed E-state index contributed by atoms with van der Waals surface area (Å²) in [4.78, 5) is 14.9. The zero-order valence-corrected chi connectivity index (χ0v) is 9.98. The molecule has 0 radical (unpaired) electrons. The van der Waals surface area contributed by atoms with Crippen LogP contribution in [0.5, 0.6) is 5.88 Å². The standard InChI is InChI=1S/C13H17NO3/c1-9-6-7-11(14-12(9)13(15)16)17-8-10-4-2-3-5-10/h6-7,10H,2-5,8H2,1H3,(H,15,16). The van der Waals surface area contributed by atoms with Crippen molar-refractivity contribution >= 4 is 5.97 Å². The van der Waals surface area contributed by atoms with Gasteiger partial charge in [0.05, 0.1) is 6.61 Å². The molecular formula is C13H17NO3. The Hall–Kier alpha value is -1.58. The van der Waals surface area contributed by atoms with Gasteiger partial charge in [0.2, 0.25) is 5.88 Å². The minimum absolute atomic E-state index is 0.0777. The van der Waals surface area contributed by atoms with Gasteiger partial charge < -0.3 is 9.84 Å². The molecule has 0 aliphatic heterocycles. The molecule has 0 saturated heterocycles. The number of pyridine rings is 1. The maximum Gasteiger partial charge on any atom is 0.354 e. The van der Waals surface area contributed by atoms with E-state index in [0.717, 1.165) is 0 Å². The Morgan fingerprint density at radius 3 is 2.82 bits per heavy atom. The zero-order chi connectivity index (χ0) is 12.3. The van der Waals surface area contributed by atoms with Gasteiger partial charge in [0.15, 0.2) is 5.69 Å². The first kappa shape index (κ1) is 11.9. The summed E-state index contributed by atoms with van der Waals surface area (Å²) >= 11 is 0. The monoisotopic (exact) mass is 235 g/mol. The molecule has 2 rings (SSSR count). The summed E-state index contributed by atoms with van der Waals surface area (Å²) in [5.74, 6) is 0.0140. The van der Waals surface area contributed by atoms with E-state index in [1.807, 2.05) is 0 Å². The number of aromatic nitrogens is 1. The van der Waals surface area contributed by atoms with Crippen LogP contribution in [0.1, 0.15) is 41.7 Å². The van der Waals surface area contributed by atoms with Crippen LogP contribution in [-0.2, 0) is 0 Å². The van der Waals surface area contributed by atoms with Crippen LogP contribution < -0.4 is 4.74 Å². The predicted molar refractivity (Wildman–Crippen MR) is 63.4 cm³/mol. The number of nitrogens with zero attached hydrogens (tertiary/aromatic N) is 1. The highest BCUT2D eigenvalue weighted by atomic mass is 16.5. The van der Waals surface area contributed by atoms with E-state index in [4.69, 9.17) is 9.84 Å². The molecule has 1 aliphatic carbocycles. The summed E-state index contributed by atoms with van der Waals surface area (Å²) in [6.45, 7) is 2.38. The molecule has 0 spiro atoms. The van der Waals surface area contributed by atoms with Gasteiger partial charge in [-0.05, 0) is 31.2 Å². The van der Waals surface area contributed by atoms with E-state index in [9.17, 15) is 4.79 Å². The lowest BCUT2D eigenvalue weighted by Crippen LogP contribution is -2.11. The Labute approximate surface area is 101 Å². The van der Waals surface area contributed by atoms with Crippen LogP contribution in [0.25, 0.3) is 0 Å². The molecule has 0 bridgehead atoms. The molecule has 1 saturated carbocycles. The van der Waals surface area contributed by atoms with Crippen molar-refractivity contribution in [3.05, 3.63) is 23.4 Å². The highest BCUT2D eigenvalue weighted by Gasteiger charge is 2.16. The van der Waals surface area contributed by atoms with E-state index < -0.39 is 5.97 Å². The Morgan fingerprint density at radius 2 is 2.18 bits per heavy atom. The van der Waals surface area contributed by atoms with E-state index in [-0.39, 0.29) is 5.69 Å². The van der Waals surface area contributed by atoms with Crippen LogP contribution in [0, 0.1) is 12.8 Å². The third-order valence-corrected chi connectivity index (χ3v) is 3.22. The second-order valence-electron chi connectivity index (χ2n) is 4.58. The maximum atomic E-state index is 10.9. The van der Waals surface area contributed by atoms with Gasteiger partial charge in [0, 0.05) is 6.07 Å². The van der Waals surface area contributed by atoms with Crippen LogP contribution >= 0.6 is 0 Å². The number of carboxylic acids is 1. The summed E-state index contributed by atoms with van der Waals surface area (Å²) < 4.78 is 5.56. The lowest BCUT2D eigenvalue weighted by Gasteiger charge is -2.11. The van der Waals surface area contributed by atoms with Crippen LogP contribution in [-0.4, -0.2) is 22.7 Å². The fraction of sp³-hybridized carbons (Fsp3) is 0.538. The predicted octanol–water partition coefficient (Wildman–Crippen LogP) is 2.66. The van der Waals surface area contributed by atoms with E-state index in [1.165, 1.54) is 25.7 Å². The third-order valence-electron chi connectivity index (χ3n) is 3.22. The first-order chi connectivity index (χ1) is 8.16. The zero-order valence-electron chi connectivity index (χ0n) is 9.98. The molecule has 1 N–H and O–H groups in total. The number of carboxylic acid groups (broad SMARTS) is 1. The van der Waals surface area contributed by atoms with Gasteiger partial charge in [-0.15, -0.1) is 0 Å². The molecule has 1 aromatic rings. The van der Waals surface area contributed by atoms with Crippen LogP contribution in [0.15, 0.2) is 12.1 Å². The molecule has 4 heteroatoms. The lowest BCUT2D eigenvalue weighted by atomic mass is 10.1. The molecule has 92 valence electrons. The smallest absolute Gasteiger partial charge is 0.354 e. The highest BCUT2D eigenvalue weighted by molar-refractivity contribution is 5.87. The number of aromatic carboxylic acids is 1. The van der Waals surface area contributed by atoms with Crippen molar-refractivity contribution in [1.29, 1.82) is 0 Å². The van der Waals surface area contributed by atoms with Gasteiger partial charge in [-0.1, -0.05) is 18.9 Å². The fourth-order valence-electron chi connectivity index (χ4n) is 2.19. The van der Waals surface area contributed by atoms with Gasteiger partial charge in [-0.2, -0.15) is 0 Å². The second kappa shape index (κ2) is 5.17. The number of hydrogen-bond donors (Lipinski definition) is 1. The first-order valence-electron chi connectivity index (χ1n) is 6.00. The Bertz CT molecular complexity index is 411. The van der Waals surface area contributed by atoms with Gasteiger partial charge in [0.1, 0.15) is 0 Å². The number of carbonyl (C=O) groups is 1. The molecule has 1 fully saturated rings. The van der Waals surface area contributed by atoms with E-state index in [1.54, 1.807) is 19.1 Å². The molecule has 0 unspecified atom stereocenters.